The molecule has 0 aromatic carbocycles. The van der Waals surface area contributed by atoms with Crippen molar-refractivity contribution in [1.82, 2.24) is 0 Å². The standard InChI is InChI=1S/C8H13N/c1-7-4-3-5-8(2)9-6-7/h5-7H,3-4H2,1-2H3. The van der Waals surface area contributed by atoms with E-state index in [1.54, 1.807) is 0 Å². The molecule has 1 heterocycles. The third-order valence-corrected chi connectivity index (χ3v) is 1.59. The predicted octanol–water partition coefficient (Wildman–Crippen LogP) is 2.39. The number of aliphatic imine (C=N–C) groups is 1. The number of nitrogens with zero attached hydrogens (tertiary/aromatic N) is 1. The normalized spacial score (nSPS) is 27.3. The molecule has 1 nitrogen and oxygen atoms in total. The Hall–Kier alpha value is -0.590. The summed E-state index contributed by atoms with van der Waals surface area (Å²) in [5, 5.41) is 0. The van der Waals surface area contributed by atoms with Gasteiger partial charge in [0.1, 0.15) is 0 Å². The van der Waals surface area contributed by atoms with E-state index in [4.69, 9.17) is 0 Å². The summed E-state index contributed by atoms with van der Waals surface area (Å²) in [5.74, 6) is 0.665. The van der Waals surface area contributed by atoms with Gasteiger partial charge in [0.05, 0.1) is 0 Å². The molecule has 0 fully saturated rings. The Morgan fingerprint density at radius 3 is 3.22 bits per heavy atom. The zero-order chi connectivity index (χ0) is 6.69. The van der Waals surface area contributed by atoms with Gasteiger partial charge in [0, 0.05) is 11.9 Å². The Kier molecular flexibility index (Phi) is 2.04. The topological polar surface area (TPSA) is 12.4 Å². The average Bonchev–Trinajstić information content (AvgIpc) is 1.97. The lowest BCUT2D eigenvalue weighted by molar-refractivity contribution is 0.711. The van der Waals surface area contributed by atoms with Crippen molar-refractivity contribution in [2.45, 2.75) is 26.7 Å². The second-order valence-corrected chi connectivity index (χ2v) is 2.68. The molecule has 1 unspecified atom stereocenters. The van der Waals surface area contributed by atoms with Crippen molar-refractivity contribution in [3.8, 4) is 0 Å². The molecule has 50 valence electrons. The molecule has 9 heavy (non-hydrogen) atoms. The van der Waals surface area contributed by atoms with Crippen molar-refractivity contribution in [2.75, 3.05) is 0 Å². The van der Waals surface area contributed by atoms with Gasteiger partial charge in [-0.3, -0.25) is 4.99 Å². The highest BCUT2D eigenvalue weighted by atomic mass is 14.7. The van der Waals surface area contributed by atoms with Gasteiger partial charge >= 0.3 is 0 Å². The zero-order valence-electron chi connectivity index (χ0n) is 6.09. The van der Waals surface area contributed by atoms with E-state index in [0.717, 1.165) is 0 Å². The summed E-state index contributed by atoms with van der Waals surface area (Å²) in [6.07, 6.45) is 6.67. The Morgan fingerprint density at radius 1 is 1.67 bits per heavy atom. The molecule has 0 aliphatic carbocycles. The molecule has 0 amide bonds. The predicted molar refractivity (Wildman–Crippen MR) is 40.6 cm³/mol. The summed E-state index contributed by atoms with van der Waals surface area (Å²) in [6.45, 7) is 4.25. The van der Waals surface area contributed by atoms with E-state index < -0.39 is 0 Å². The summed E-state index contributed by atoms with van der Waals surface area (Å²) in [5.41, 5.74) is 1.17. The Bertz CT molecular complexity index is 145. The number of hydrogen-bond acceptors (Lipinski definition) is 1. The van der Waals surface area contributed by atoms with Gasteiger partial charge in [-0.05, 0) is 25.7 Å². The first-order valence-corrected chi connectivity index (χ1v) is 3.50. The molecule has 1 atom stereocenters. The fourth-order valence-electron chi connectivity index (χ4n) is 0.927. The quantitative estimate of drug-likeness (QED) is 0.469. The van der Waals surface area contributed by atoms with E-state index in [1.165, 1.54) is 18.5 Å². The van der Waals surface area contributed by atoms with Gasteiger partial charge in [-0.2, -0.15) is 0 Å². The van der Waals surface area contributed by atoms with Crippen LogP contribution in [-0.2, 0) is 0 Å². The lowest BCUT2D eigenvalue weighted by Gasteiger charge is -1.96. The Labute approximate surface area is 56.5 Å². The minimum atomic E-state index is 0.665. The van der Waals surface area contributed by atoms with Crippen molar-refractivity contribution in [1.29, 1.82) is 0 Å². The summed E-state index contributed by atoms with van der Waals surface area (Å²) in [7, 11) is 0. The van der Waals surface area contributed by atoms with Crippen LogP contribution in [0.1, 0.15) is 26.7 Å². The number of rotatable bonds is 0. The molecule has 0 aromatic rings. The lowest BCUT2D eigenvalue weighted by Crippen LogP contribution is -1.91. The van der Waals surface area contributed by atoms with E-state index in [9.17, 15) is 0 Å². The first-order valence-electron chi connectivity index (χ1n) is 3.50. The van der Waals surface area contributed by atoms with Crippen molar-refractivity contribution in [2.24, 2.45) is 10.9 Å². The first-order chi connectivity index (χ1) is 4.29. The molecule has 0 aromatic heterocycles. The molecule has 1 aliphatic heterocycles. The van der Waals surface area contributed by atoms with Crippen LogP contribution < -0.4 is 0 Å². The molecule has 1 aliphatic rings. The number of allylic oxidation sites excluding steroid dienone is 2. The van der Waals surface area contributed by atoms with Crippen LogP contribution in [0, 0.1) is 5.92 Å². The van der Waals surface area contributed by atoms with Gasteiger partial charge in [-0.25, -0.2) is 0 Å². The van der Waals surface area contributed by atoms with Crippen molar-refractivity contribution in [3.05, 3.63) is 11.8 Å². The number of hydrogen-bond donors (Lipinski definition) is 0. The Balaban J connectivity index is 2.58. The fraction of sp³-hybridized carbons (Fsp3) is 0.625. The fourth-order valence-corrected chi connectivity index (χ4v) is 0.927. The maximum atomic E-state index is 4.24. The maximum Gasteiger partial charge on any atom is 0.0329 e. The average molecular weight is 123 g/mol. The van der Waals surface area contributed by atoms with Crippen molar-refractivity contribution < 1.29 is 0 Å². The largest absolute Gasteiger partial charge is 0.266 e. The van der Waals surface area contributed by atoms with Crippen molar-refractivity contribution >= 4 is 6.21 Å². The maximum absolute atomic E-state index is 4.24. The monoisotopic (exact) mass is 123 g/mol. The van der Waals surface area contributed by atoms with Crippen LogP contribution in [0.4, 0.5) is 0 Å². The van der Waals surface area contributed by atoms with Crippen LogP contribution in [-0.4, -0.2) is 6.21 Å². The van der Waals surface area contributed by atoms with Crippen LogP contribution >= 0.6 is 0 Å². The zero-order valence-corrected chi connectivity index (χ0v) is 6.09. The highest BCUT2D eigenvalue weighted by Gasteiger charge is 1.99. The summed E-state index contributed by atoms with van der Waals surface area (Å²) >= 11 is 0. The molecule has 0 bridgehead atoms. The van der Waals surface area contributed by atoms with Gasteiger partial charge < -0.3 is 0 Å². The molecule has 1 heteroatoms. The third kappa shape index (κ3) is 2.00. The van der Waals surface area contributed by atoms with Crippen LogP contribution in [0.15, 0.2) is 16.8 Å². The second kappa shape index (κ2) is 2.81. The molecule has 0 saturated heterocycles. The van der Waals surface area contributed by atoms with Gasteiger partial charge in [-0.15, -0.1) is 0 Å². The van der Waals surface area contributed by atoms with Crippen LogP contribution in [0.3, 0.4) is 0 Å². The third-order valence-electron chi connectivity index (χ3n) is 1.59. The molecular weight excluding hydrogens is 110 g/mol. The highest BCUT2D eigenvalue weighted by molar-refractivity contribution is 5.62. The van der Waals surface area contributed by atoms with E-state index in [1.807, 2.05) is 6.21 Å². The van der Waals surface area contributed by atoms with E-state index in [0.29, 0.717) is 5.92 Å². The molecular formula is C8H13N. The van der Waals surface area contributed by atoms with Gasteiger partial charge in [0.15, 0.2) is 0 Å². The van der Waals surface area contributed by atoms with E-state index in [2.05, 4.69) is 24.9 Å². The SMILES string of the molecule is CC1=CCCC(C)C=N1. The molecule has 0 saturated carbocycles. The molecule has 0 N–H and O–H groups in total. The Morgan fingerprint density at radius 2 is 2.44 bits per heavy atom. The molecule has 1 rings (SSSR count). The smallest absolute Gasteiger partial charge is 0.0329 e. The highest BCUT2D eigenvalue weighted by Crippen LogP contribution is 2.10. The minimum absolute atomic E-state index is 0.665. The summed E-state index contributed by atoms with van der Waals surface area (Å²) < 4.78 is 0. The van der Waals surface area contributed by atoms with E-state index in [-0.39, 0.29) is 0 Å². The molecule has 0 radical (unpaired) electrons. The van der Waals surface area contributed by atoms with Gasteiger partial charge in [0.2, 0.25) is 0 Å². The summed E-state index contributed by atoms with van der Waals surface area (Å²) in [4.78, 5) is 4.24. The van der Waals surface area contributed by atoms with Crippen LogP contribution in [0.25, 0.3) is 0 Å². The van der Waals surface area contributed by atoms with E-state index >= 15 is 0 Å². The first kappa shape index (κ1) is 6.53. The lowest BCUT2D eigenvalue weighted by atomic mass is 10.1. The van der Waals surface area contributed by atoms with Crippen LogP contribution in [0.2, 0.25) is 0 Å². The van der Waals surface area contributed by atoms with Crippen LogP contribution in [0.5, 0.6) is 0 Å². The molecule has 0 spiro atoms. The minimum Gasteiger partial charge on any atom is -0.266 e. The van der Waals surface area contributed by atoms with Gasteiger partial charge in [0.25, 0.3) is 0 Å². The second-order valence-electron chi connectivity index (χ2n) is 2.68. The summed E-state index contributed by atoms with van der Waals surface area (Å²) in [6, 6.07) is 0. The van der Waals surface area contributed by atoms with Gasteiger partial charge in [-0.1, -0.05) is 13.0 Å². The van der Waals surface area contributed by atoms with Crippen molar-refractivity contribution in [3.63, 3.8) is 0 Å².